The molecule has 2 rings (SSSR count). The maximum absolute atomic E-state index is 8.94. The average Bonchev–Trinajstić information content (AvgIpc) is 2.49. The second-order valence-corrected chi connectivity index (χ2v) is 5.07. The standard InChI is InChI=1S/C14H21N3O2S/c1-19-13-5-3-2-4-12(13)15-14(20)17-8-6-16(7-9-17)10-11-18/h2-5,18H,6-11H2,1H3,(H,15,20). The maximum Gasteiger partial charge on any atom is 0.173 e. The zero-order valence-corrected chi connectivity index (χ0v) is 12.5. The number of anilines is 1. The highest BCUT2D eigenvalue weighted by Gasteiger charge is 2.18. The number of aliphatic hydroxyl groups excluding tert-OH is 1. The topological polar surface area (TPSA) is 48.0 Å². The second kappa shape index (κ2) is 7.42. The maximum atomic E-state index is 8.94. The van der Waals surface area contributed by atoms with Gasteiger partial charge in [0.05, 0.1) is 19.4 Å². The van der Waals surface area contributed by atoms with Gasteiger partial charge in [0.2, 0.25) is 0 Å². The number of thiocarbonyl (C=S) groups is 1. The van der Waals surface area contributed by atoms with Crippen molar-refractivity contribution in [1.82, 2.24) is 9.80 Å². The fourth-order valence-corrected chi connectivity index (χ4v) is 2.55. The quantitative estimate of drug-likeness (QED) is 0.808. The molecule has 1 aliphatic rings. The summed E-state index contributed by atoms with van der Waals surface area (Å²) in [6.45, 7) is 4.55. The molecule has 110 valence electrons. The van der Waals surface area contributed by atoms with Gasteiger partial charge in [-0.15, -0.1) is 0 Å². The molecule has 20 heavy (non-hydrogen) atoms. The van der Waals surface area contributed by atoms with Crippen molar-refractivity contribution in [3.63, 3.8) is 0 Å². The van der Waals surface area contributed by atoms with Crippen LogP contribution in [-0.4, -0.2) is 66.5 Å². The van der Waals surface area contributed by atoms with Gasteiger partial charge < -0.3 is 20.1 Å². The number of β-amino-alcohol motifs (C(OH)–C–C–N with tert-alkyl or cyclic N) is 1. The molecule has 0 saturated carbocycles. The van der Waals surface area contributed by atoms with E-state index in [4.69, 9.17) is 22.1 Å². The molecule has 0 amide bonds. The van der Waals surface area contributed by atoms with Crippen molar-refractivity contribution < 1.29 is 9.84 Å². The first-order valence-corrected chi connectivity index (χ1v) is 7.17. The van der Waals surface area contributed by atoms with Crippen LogP contribution in [-0.2, 0) is 0 Å². The van der Waals surface area contributed by atoms with Crippen molar-refractivity contribution in [2.24, 2.45) is 0 Å². The highest BCUT2D eigenvalue weighted by atomic mass is 32.1. The van der Waals surface area contributed by atoms with Crippen LogP contribution in [0.2, 0.25) is 0 Å². The van der Waals surface area contributed by atoms with Crippen LogP contribution in [0.1, 0.15) is 0 Å². The Morgan fingerprint density at radius 3 is 2.65 bits per heavy atom. The normalized spacial score (nSPS) is 16.0. The first kappa shape index (κ1) is 15.0. The lowest BCUT2D eigenvalue weighted by Crippen LogP contribution is -2.50. The Bertz CT molecular complexity index is 448. The molecule has 5 nitrogen and oxygen atoms in total. The summed E-state index contributed by atoms with van der Waals surface area (Å²) in [5.41, 5.74) is 0.887. The molecule has 1 aliphatic heterocycles. The number of nitrogens with zero attached hydrogens (tertiary/aromatic N) is 2. The van der Waals surface area contributed by atoms with E-state index in [0.29, 0.717) is 0 Å². The third-order valence-corrected chi connectivity index (χ3v) is 3.78. The van der Waals surface area contributed by atoms with Crippen LogP contribution in [0.4, 0.5) is 5.69 Å². The molecule has 1 fully saturated rings. The second-order valence-electron chi connectivity index (χ2n) is 4.68. The van der Waals surface area contributed by atoms with Gasteiger partial charge in [-0.05, 0) is 24.4 Å². The van der Waals surface area contributed by atoms with Gasteiger partial charge >= 0.3 is 0 Å². The lowest BCUT2D eigenvalue weighted by atomic mass is 10.3. The molecule has 1 saturated heterocycles. The summed E-state index contributed by atoms with van der Waals surface area (Å²) in [7, 11) is 1.65. The number of rotatable bonds is 4. The van der Waals surface area contributed by atoms with Crippen LogP contribution >= 0.6 is 12.2 Å². The smallest absolute Gasteiger partial charge is 0.173 e. The summed E-state index contributed by atoms with van der Waals surface area (Å²) in [5, 5.41) is 12.9. The molecule has 0 unspecified atom stereocenters. The number of aliphatic hydroxyl groups is 1. The number of hydrogen-bond donors (Lipinski definition) is 2. The predicted molar refractivity (Wildman–Crippen MR) is 84.3 cm³/mol. The SMILES string of the molecule is COc1ccccc1NC(=S)N1CCN(CCO)CC1. The fourth-order valence-electron chi connectivity index (χ4n) is 2.26. The summed E-state index contributed by atoms with van der Waals surface area (Å²) in [4.78, 5) is 4.39. The molecule has 1 heterocycles. The number of para-hydroxylation sites is 2. The Labute approximate surface area is 125 Å². The van der Waals surface area contributed by atoms with Crippen molar-refractivity contribution in [2.45, 2.75) is 0 Å². The van der Waals surface area contributed by atoms with E-state index in [9.17, 15) is 0 Å². The fraction of sp³-hybridized carbons (Fsp3) is 0.500. The Balaban J connectivity index is 1.89. The predicted octanol–water partition coefficient (Wildman–Crippen LogP) is 1.00. The highest BCUT2D eigenvalue weighted by Crippen LogP contribution is 2.23. The highest BCUT2D eigenvalue weighted by molar-refractivity contribution is 7.80. The molecule has 0 atom stereocenters. The summed E-state index contributed by atoms with van der Waals surface area (Å²) >= 11 is 5.46. The first-order valence-electron chi connectivity index (χ1n) is 6.76. The summed E-state index contributed by atoms with van der Waals surface area (Å²) < 4.78 is 5.31. The van der Waals surface area contributed by atoms with Crippen molar-refractivity contribution in [3.8, 4) is 5.75 Å². The Morgan fingerprint density at radius 2 is 2.00 bits per heavy atom. The number of nitrogens with one attached hydrogen (secondary N) is 1. The lowest BCUT2D eigenvalue weighted by Gasteiger charge is -2.36. The van der Waals surface area contributed by atoms with E-state index < -0.39 is 0 Å². The van der Waals surface area contributed by atoms with Gasteiger partial charge in [0.25, 0.3) is 0 Å². The first-order chi connectivity index (χ1) is 9.74. The zero-order chi connectivity index (χ0) is 14.4. The lowest BCUT2D eigenvalue weighted by molar-refractivity contribution is 0.148. The number of methoxy groups -OCH3 is 1. The van der Waals surface area contributed by atoms with E-state index in [1.165, 1.54) is 0 Å². The molecule has 6 heteroatoms. The molecule has 0 radical (unpaired) electrons. The Morgan fingerprint density at radius 1 is 1.30 bits per heavy atom. The molecule has 0 bridgehead atoms. The van der Waals surface area contributed by atoms with Crippen molar-refractivity contribution in [1.29, 1.82) is 0 Å². The average molecular weight is 295 g/mol. The molecule has 2 N–H and O–H groups in total. The third-order valence-electron chi connectivity index (χ3n) is 3.42. The van der Waals surface area contributed by atoms with Crippen LogP contribution in [0.25, 0.3) is 0 Å². The number of piperazine rings is 1. The third kappa shape index (κ3) is 3.82. The van der Waals surface area contributed by atoms with Gasteiger partial charge in [-0.2, -0.15) is 0 Å². The van der Waals surface area contributed by atoms with E-state index in [-0.39, 0.29) is 6.61 Å². The molecule has 0 aromatic heterocycles. The minimum absolute atomic E-state index is 0.212. The molecule has 0 aliphatic carbocycles. The van der Waals surface area contributed by atoms with E-state index in [1.54, 1.807) is 7.11 Å². The van der Waals surface area contributed by atoms with Crippen LogP contribution < -0.4 is 10.1 Å². The van der Waals surface area contributed by atoms with Gasteiger partial charge in [-0.3, -0.25) is 4.90 Å². The Kier molecular flexibility index (Phi) is 5.58. The van der Waals surface area contributed by atoms with Crippen molar-refractivity contribution >= 4 is 23.0 Å². The van der Waals surface area contributed by atoms with Crippen LogP contribution in [0, 0.1) is 0 Å². The van der Waals surface area contributed by atoms with E-state index in [2.05, 4.69) is 15.1 Å². The van der Waals surface area contributed by atoms with Crippen molar-refractivity contribution in [2.75, 3.05) is 51.8 Å². The summed E-state index contributed by atoms with van der Waals surface area (Å²) in [5.74, 6) is 0.786. The zero-order valence-electron chi connectivity index (χ0n) is 11.7. The van der Waals surface area contributed by atoms with Crippen LogP contribution in [0.3, 0.4) is 0 Å². The Hall–Kier alpha value is -1.37. The molecule has 0 spiro atoms. The molecule has 1 aromatic carbocycles. The van der Waals surface area contributed by atoms with Crippen LogP contribution in [0.15, 0.2) is 24.3 Å². The van der Waals surface area contributed by atoms with Crippen LogP contribution in [0.5, 0.6) is 5.75 Å². The molecular formula is C14H21N3O2S. The number of benzene rings is 1. The van der Waals surface area contributed by atoms with Gasteiger partial charge in [0.15, 0.2) is 5.11 Å². The largest absolute Gasteiger partial charge is 0.495 e. The minimum atomic E-state index is 0.212. The summed E-state index contributed by atoms with van der Waals surface area (Å²) in [6.07, 6.45) is 0. The van der Waals surface area contributed by atoms with E-state index >= 15 is 0 Å². The van der Waals surface area contributed by atoms with Gasteiger partial charge in [0, 0.05) is 32.7 Å². The molecular weight excluding hydrogens is 274 g/mol. The monoisotopic (exact) mass is 295 g/mol. The van der Waals surface area contributed by atoms with E-state index in [1.807, 2.05) is 24.3 Å². The van der Waals surface area contributed by atoms with E-state index in [0.717, 1.165) is 49.3 Å². The molecule has 1 aromatic rings. The number of ether oxygens (including phenoxy) is 1. The van der Waals surface area contributed by atoms with Gasteiger partial charge in [0.1, 0.15) is 5.75 Å². The van der Waals surface area contributed by atoms with Crippen molar-refractivity contribution in [3.05, 3.63) is 24.3 Å². The van der Waals surface area contributed by atoms with Gasteiger partial charge in [-0.25, -0.2) is 0 Å². The minimum Gasteiger partial charge on any atom is -0.495 e. The number of hydrogen-bond acceptors (Lipinski definition) is 4. The van der Waals surface area contributed by atoms with Gasteiger partial charge in [-0.1, -0.05) is 12.1 Å². The summed E-state index contributed by atoms with van der Waals surface area (Å²) in [6, 6.07) is 7.74.